The second-order valence-corrected chi connectivity index (χ2v) is 5.14. The molecule has 1 heterocycles. The predicted molar refractivity (Wildman–Crippen MR) is 75.3 cm³/mol. The summed E-state index contributed by atoms with van der Waals surface area (Å²) < 4.78 is 19.8. The van der Waals surface area contributed by atoms with E-state index in [1.807, 2.05) is 12.1 Å². The maximum Gasteiger partial charge on any atom is 0.130 e. The Morgan fingerprint density at radius 2 is 2.16 bits per heavy atom. The highest BCUT2D eigenvalue weighted by molar-refractivity contribution is 9.10. The van der Waals surface area contributed by atoms with Gasteiger partial charge in [-0.25, -0.2) is 4.39 Å². The fourth-order valence-corrected chi connectivity index (χ4v) is 1.88. The van der Waals surface area contributed by atoms with E-state index in [0.717, 1.165) is 10.2 Å². The van der Waals surface area contributed by atoms with Gasteiger partial charge in [0.15, 0.2) is 0 Å². The summed E-state index contributed by atoms with van der Waals surface area (Å²) in [5, 5.41) is 0. The smallest absolute Gasteiger partial charge is 0.130 e. The number of aromatic nitrogens is 1. The van der Waals surface area contributed by atoms with E-state index < -0.39 is 0 Å². The molecular weight excluding hydrogens is 311 g/mol. The number of benzene rings is 1. The Bertz CT molecular complexity index is 558. The van der Waals surface area contributed by atoms with Crippen molar-refractivity contribution >= 4 is 15.9 Å². The summed E-state index contributed by atoms with van der Waals surface area (Å²) in [7, 11) is 0. The molecular formula is C14H14BrFN2O. The van der Waals surface area contributed by atoms with Crippen LogP contribution in [0, 0.1) is 5.82 Å². The van der Waals surface area contributed by atoms with Crippen molar-refractivity contribution in [1.29, 1.82) is 0 Å². The molecule has 0 amide bonds. The average molecular weight is 325 g/mol. The Hall–Kier alpha value is -1.46. The van der Waals surface area contributed by atoms with Crippen LogP contribution in [0.2, 0.25) is 0 Å². The van der Waals surface area contributed by atoms with E-state index in [4.69, 9.17) is 10.5 Å². The Morgan fingerprint density at radius 1 is 1.37 bits per heavy atom. The Balaban J connectivity index is 2.13. The van der Waals surface area contributed by atoms with Crippen molar-refractivity contribution < 1.29 is 9.13 Å². The highest BCUT2D eigenvalue weighted by atomic mass is 79.9. The van der Waals surface area contributed by atoms with Gasteiger partial charge < -0.3 is 10.5 Å². The lowest BCUT2D eigenvalue weighted by atomic mass is 10.1. The van der Waals surface area contributed by atoms with Crippen molar-refractivity contribution in [2.45, 2.75) is 19.6 Å². The summed E-state index contributed by atoms with van der Waals surface area (Å²) in [6.07, 6.45) is 1.70. The van der Waals surface area contributed by atoms with E-state index in [0.29, 0.717) is 17.9 Å². The summed E-state index contributed by atoms with van der Waals surface area (Å²) in [4.78, 5) is 4.21. The van der Waals surface area contributed by atoms with E-state index in [1.54, 1.807) is 19.2 Å². The third-order valence-corrected chi connectivity index (χ3v) is 3.10. The molecule has 1 aromatic heterocycles. The van der Waals surface area contributed by atoms with Gasteiger partial charge in [0.05, 0.1) is 5.69 Å². The molecule has 0 radical (unpaired) electrons. The zero-order valence-corrected chi connectivity index (χ0v) is 12.0. The van der Waals surface area contributed by atoms with Crippen LogP contribution in [0.1, 0.15) is 24.2 Å². The fourth-order valence-electron chi connectivity index (χ4n) is 1.65. The minimum Gasteiger partial charge on any atom is -0.487 e. The zero-order chi connectivity index (χ0) is 13.8. The third kappa shape index (κ3) is 3.75. The Morgan fingerprint density at radius 3 is 2.79 bits per heavy atom. The molecule has 3 nitrogen and oxygen atoms in total. The van der Waals surface area contributed by atoms with Crippen LogP contribution in [0.4, 0.5) is 4.39 Å². The van der Waals surface area contributed by atoms with Crippen LogP contribution < -0.4 is 10.5 Å². The Labute approximate surface area is 119 Å². The summed E-state index contributed by atoms with van der Waals surface area (Å²) in [5.74, 6) is 0.266. The number of nitrogens with zero attached hydrogens (tertiary/aromatic N) is 1. The van der Waals surface area contributed by atoms with Crippen molar-refractivity contribution in [3.63, 3.8) is 0 Å². The van der Waals surface area contributed by atoms with Gasteiger partial charge in [-0.3, -0.25) is 4.98 Å². The first-order chi connectivity index (χ1) is 9.06. The molecule has 1 aromatic carbocycles. The van der Waals surface area contributed by atoms with Crippen LogP contribution in [0.15, 0.2) is 41.0 Å². The minimum atomic E-state index is -0.318. The zero-order valence-electron chi connectivity index (χ0n) is 10.4. The van der Waals surface area contributed by atoms with Crippen molar-refractivity contribution in [2.75, 3.05) is 0 Å². The molecule has 0 aliphatic heterocycles. The van der Waals surface area contributed by atoms with Gasteiger partial charge >= 0.3 is 0 Å². The second-order valence-electron chi connectivity index (χ2n) is 4.23. The lowest BCUT2D eigenvalue weighted by molar-refractivity contribution is 0.296. The number of hydrogen-bond acceptors (Lipinski definition) is 3. The number of pyridine rings is 1. The summed E-state index contributed by atoms with van der Waals surface area (Å²) in [6, 6.07) is 7.81. The van der Waals surface area contributed by atoms with E-state index in [1.165, 1.54) is 12.1 Å². The van der Waals surface area contributed by atoms with Crippen LogP contribution in [0.3, 0.4) is 0 Å². The quantitative estimate of drug-likeness (QED) is 0.935. The Kier molecular flexibility index (Phi) is 4.50. The summed E-state index contributed by atoms with van der Waals surface area (Å²) in [6.45, 7) is 2.11. The highest BCUT2D eigenvalue weighted by Crippen LogP contribution is 2.25. The average Bonchev–Trinajstić information content (AvgIpc) is 2.39. The molecule has 0 aliphatic rings. The summed E-state index contributed by atoms with van der Waals surface area (Å²) >= 11 is 3.32. The van der Waals surface area contributed by atoms with E-state index in [2.05, 4.69) is 20.9 Å². The molecule has 2 rings (SSSR count). The molecule has 100 valence electrons. The predicted octanol–water partition coefficient (Wildman–Crippen LogP) is 3.58. The molecule has 0 unspecified atom stereocenters. The first kappa shape index (κ1) is 14.0. The van der Waals surface area contributed by atoms with E-state index in [-0.39, 0.29) is 11.9 Å². The largest absolute Gasteiger partial charge is 0.487 e. The molecule has 0 fully saturated rings. The summed E-state index contributed by atoms with van der Waals surface area (Å²) in [5.41, 5.74) is 7.25. The number of halogens is 2. The van der Waals surface area contributed by atoms with Gasteiger partial charge in [0.1, 0.15) is 18.2 Å². The molecule has 2 aromatic rings. The molecule has 0 bridgehead atoms. The third-order valence-electron chi connectivity index (χ3n) is 2.63. The van der Waals surface area contributed by atoms with Gasteiger partial charge in [0, 0.05) is 22.3 Å². The standard InChI is InChI=1S/C14H14BrFN2O/c1-9(17)13-6-11(16)3-5-14(13)19-8-12-4-2-10(15)7-18-12/h2-7,9H,8,17H2,1H3/t9-/m0/s1. The monoisotopic (exact) mass is 324 g/mol. The minimum absolute atomic E-state index is 0.288. The van der Waals surface area contributed by atoms with Gasteiger partial charge in [-0.15, -0.1) is 0 Å². The van der Waals surface area contributed by atoms with Gasteiger partial charge in [-0.2, -0.15) is 0 Å². The van der Waals surface area contributed by atoms with Crippen LogP contribution in [0.5, 0.6) is 5.75 Å². The first-order valence-electron chi connectivity index (χ1n) is 5.84. The fraction of sp³-hybridized carbons (Fsp3) is 0.214. The molecule has 5 heteroatoms. The first-order valence-corrected chi connectivity index (χ1v) is 6.64. The van der Waals surface area contributed by atoms with E-state index >= 15 is 0 Å². The second kappa shape index (κ2) is 6.12. The molecule has 2 N–H and O–H groups in total. The lowest BCUT2D eigenvalue weighted by Gasteiger charge is -2.13. The van der Waals surface area contributed by atoms with Gasteiger partial charge in [0.2, 0.25) is 0 Å². The highest BCUT2D eigenvalue weighted by Gasteiger charge is 2.10. The molecule has 0 saturated heterocycles. The van der Waals surface area contributed by atoms with Crippen LogP contribution in [-0.4, -0.2) is 4.98 Å². The molecule has 0 aliphatic carbocycles. The molecule has 0 saturated carbocycles. The van der Waals surface area contributed by atoms with E-state index in [9.17, 15) is 4.39 Å². The van der Waals surface area contributed by atoms with Crippen molar-refractivity contribution in [3.8, 4) is 5.75 Å². The SMILES string of the molecule is C[C@H](N)c1cc(F)ccc1OCc1ccc(Br)cn1. The van der Waals surface area contributed by atoms with Gasteiger partial charge in [0.25, 0.3) is 0 Å². The maximum atomic E-state index is 13.2. The normalized spacial score (nSPS) is 12.2. The van der Waals surface area contributed by atoms with Crippen molar-refractivity contribution in [2.24, 2.45) is 5.73 Å². The topological polar surface area (TPSA) is 48.1 Å². The molecule has 0 spiro atoms. The van der Waals surface area contributed by atoms with Crippen molar-refractivity contribution in [1.82, 2.24) is 4.98 Å². The lowest BCUT2D eigenvalue weighted by Crippen LogP contribution is -2.09. The number of hydrogen-bond donors (Lipinski definition) is 1. The number of ether oxygens (including phenoxy) is 1. The van der Waals surface area contributed by atoms with Gasteiger partial charge in [-0.05, 0) is 53.2 Å². The van der Waals surface area contributed by atoms with Gasteiger partial charge in [-0.1, -0.05) is 0 Å². The maximum absolute atomic E-state index is 13.2. The van der Waals surface area contributed by atoms with Crippen molar-refractivity contribution in [3.05, 3.63) is 58.1 Å². The number of nitrogens with two attached hydrogens (primary N) is 1. The van der Waals surface area contributed by atoms with Crippen LogP contribution in [0.25, 0.3) is 0 Å². The molecule has 1 atom stereocenters. The number of rotatable bonds is 4. The van der Waals surface area contributed by atoms with Crippen LogP contribution >= 0.6 is 15.9 Å². The van der Waals surface area contributed by atoms with Crippen LogP contribution in [-0.2, 0) is 6.61 Å². The molecule has 19 heavy (non-hydrogen) atoms.